The van der Waals surface area contributed by atoms with Crippen LogP contribution in [0, 0.1) is 0 Å². The molecule has 1 aromatic heterocycles. The van der Waals surface area contributed by atoms with Crippen molar-refractivity contribution in [3.63, 3.8) is 0 Å². The van der Waals surface area contributed by atoms with Crippen molar-refractivity contribution < 1.29 is 23.8 Å². The summed E-state index contributed by atoms with van der Waals surface area (Å²) in [4.78, 5) is 45.6. The molecule has 1 aliphatic rings. The molecule has 0 bridgehead atoms. The van der Waals surface area contributed by atoms with Gasteiger partial charge in [0.25, 0.3) is 5.56 Å². The number of hydrogen-bond donors (Lipinski definition) is 0. The van der Waals surface area contributed by atoms with E-state index in [2.05, 4.69) is 11.6 Å². The number of aromatic nitrogens is 1. The highest BCUT2D eigenvalue weighted by atomic mass is 32.1. The van der Waals surface area contributed by atoms with E-state index in [1.807, 2.05) is 43.3 Å². The Morgan fingerprint density at radius 2 is 1.87 bits per heavy atom. The van der Waals surface area contributed by atoms with Gasteiger partial charge < -0.3 is 19.1 Å². The van der Waals surface area contributed by atoms with Gasteiger partial charge in [0, 0.05) is 26.7 Å². The fourth-order valence-electron chi connectivity index (χ4n) is 4.22. The van der Waals surface area contributed by atoms with Gasteiger partial charge in [-0.05, 0) is 48.4 Å². The van der Waals surface area contributed by atoms with Gasteiger partial charge >= 0.3 is 11.9 Å². The molecule has 39 heavy (non-hydrogen) atoms. The number of allylic oxidation sites excluding steroid dienone is 1. The highest BCUT2D eigenvalue weighted by Gasteiger charge is 2.34. The van der Waals surface area contributed by atoms with Crippen molar-refractivity contribution >= 4 is 35.0 Å². The second-order valence-corrected chi connectivity index (χ2v) is 9.97. The minimum Gasteiger partial charge on any atom is -0.493 e. The van der Waals surface area contributed by atoms with Gasteiger partial charge in [-0.1, -0.05) is 42.2 Å². The first-order valence-corrected chi connectivity index (χ1v) is 12.9. The number of anilines is 1. The number of rotatable bonds is 8. The Morgan fingerprint density at radius 1 is 1.15 bits per heavy atom. The van der Waals surface area contributed by atoms with Crippen LogP contribution in [0.5, 0.6) is 11.5 Å². The highest BCUT2D eigenvalue weighted by Crippen LogP contribution is 2.36. The van der Waals surface area contributed by atoms with Crippen LogP contribution < -0.4 is 29.3 Å². The number of nitrogens with zero attached hydrogens (tertiary/aromatic N) is 3. The van der Waals surface area contributed by atoms with Crippen molar-refractivity contribution in [1.82, 2.24) is 4.57 Å². The topological polar surface area (TPSA) is 99.4 Å². The molecule has 2 aromatic carbocycles. The number of fused-ring (bicyclic) bond motifs is 1. The van der Waals surface area contributed by atoms with E-state index in [-0.39, 0.29) is 29.2 Å². The minimum absolute atomic E-state index is 0.00437. The predicted molar refractivity (Wildman–Crippen MR) is 150 cm³/mol. The van der Waals surface area contributed by atoms with E-state index >= 15 is 0 Å². The Hall–Kier alpha value is -4.44. The molecule has 4 rings (SSSR count). The van der Waals surface area contributed by atoms with Gasteiger partial charge in [-0.25, -0.2) is 9.79 Å². The second-order valence-electron chi connectivity index (χ2n) is 8.96. The lowest BCUT2D eigenvalue weighted by Crippen LogP contribution is -2.40. The molecule has 0 saturated carbocycles. The van der Waals surface area contributed by atoms with Gasteiger partial charge in [0.05, 0.1) is 29.0 Å². The fourth-order valence-corrected chi connectivity index (χ4v) is 5.27. The number of thiazole rings is 1. The number of esters is 2. The van der Waals surface area contributed by atoms with Crippen LogP contribution >= 0.6 is 11.3 Å². The molecule has 0 aliphatic carbocycles. The quantitative estimate of drug-likeness (QED) is 0.243. The standard InChI is InChI=1S/C29H29N3O6S/c1-7-14-37-28(35)25-17(2)30-29-32(26(25)20-10-13-22(38-18(3)33)23(16-20)36-6)27(34)24(39-29)15-19-8-11-21(12-9-19)31(4)5/h7-13,15-16,26H,1,14H2,2-6H3. The Kier molecular flexibility index (Phi) is 8.15. The monoisotopic (exact) mass is 547 g/mol. The molecule has 10 heteroatoms. The molecule has 0 fully saturated rings. The number of methoxy groups -OCH3 is 1. The minimum atomic E-state index is -0.850. The summed E-state index contributed by atoms with van der Waals surface area (Å²) in [7, 11) is 5.36. The number of benzene rings is 2. The van der Waals surface area contributed by atoms with Gasteiger partial charge in [-0.2, -0.15) is 0 Å². The first-order chi connectivity index (χ1) is 18.6. The van der Waals surface area contributed by atoms with E-state index in [4.69, 9.17) is 14.2 Å². The van der Waals surface area contributed by atoms with Gasteiger partial charge in [-0.15, -0.1) is 0 Å². The van der Waals surface area contributed by atoms with Crippen LogP contribution in [-0.2, 0) is 14.3 Å². The van der Waals surface area contributed by atoms with E-state index in [0.717, 1.165) is 11.3 Å². The summed E-state index contributed by atoms with van der Waals surface area (Å²) in [5, 5.41) is 0. The molecule has 2 heterocycles. The molecule has 0 amide bonds. The number of carbonyl (C=O) groups excluding carboxylic acids is 2. The van der Waals surface area contributed by atoms with Crippen molar-refractivity contribution in [3.8, 4) is 11.5 Å². The Morgan fingerprint density at radius 3 is 2.49 bits per heavy atom. The smallest absolute Gasteiger partial charge is 0.338 e. The molecule has 0 N–H and O–H groups in total. The Balaban J connectivity index is 1.91. The molecule has 0 saturated heterocycles. The summed E-state index contributed by atoms with van der Waals surface area (Å²) in [6.45, 7) is 6.61. The van der Waals surface area contributed by atoms with Gasteiger partial charge in [0.2, 0.25) is 0 Å². The van der Waals surface area contributed by atoms with E-state index in [1.54, 1.807) is 31.2 Å². The maximum absolute atomic E-state index is 13.8. The van der Waals surface area contributed by atoms with Crippen LogP contribution in [0.1, 0.15) is 31.0 Å². The SMILES string of the molecule is C=CCOC(=O)C1=C(C)N=c2sc(=Cc3ccc(N(C)C)cc3)c(=O)n2C1c1ccc(OC(C)=O)c(OC)c1. The zero-order valence-corrected chi connectivity index (χ0v) is 23.2. The van der Waals surface area contributed by atoms with Crippen molar-refractivity contribution in [3.05, 3.63) is 97.2 Å². The van der Waals surface area contributed by atoms with Crippen LogP contribution in [0.15, 0.2) is 76.2 Å². The zero-order valence-electron chi connectivity index (χ0n) is 22.4. The molecule has 1 atom stereocenters. The maximum Gasteiger partial charge on any atom is 0.338 e. The molecule has 0 radical (unpaired) electrons. The van der Waals surface area contributed by atoms with Crippen LogP contribution in [0.3, 0.4) is 0 Å². The average Bonchev–Trinajstić information content (AvgIpc) is 3.20. The first kappa shape index (κ1) is 27.6. The van der Waals surface area contributed by atoms with Crippen LogP contribution in [0.25, 0.3) is 6.08 Å². The molecule has 0 spiro atoms. The van der Waals surface area contributed by atoms with E-state index < -0.39 is 18.0 Å². The van der Waals surface area contributed by atoms with Crippen molar-refractivity contribution in [2.75, 3.05) is 32.7 Å². The van der Waals surface area contributed by atoms with E-state index in [0.29, 0.717) is 20.6 Å². The number of carbonyl (C=O) groups is 2. The Bertz CT molecular complexity index is 1650. The summed E-state index contributed by atoms with van der Waals surface area (Å²) in [6.07, 6.45) is 3.27. The van der Waals surface area contributed by atoms with E-state index in [9.17, 15) is 14.4 Å². The van der Waals surface area contributed by atoms with Crippen molar-refractivity contribution in [2.24, 2.45) is 4.99 Å². The molecule has 1 unspecified atom stereocenters. The summed E-state index contributed by atoms with van der Waals surface area (Å²) >= 11 is 1.24. The van der Waals surface area contributed by atoms with Crippen LogP contribution in [0.4, 0.5) is 5.69 Å². The van der Waals surface area contributed by atoms with E-state index in [1.165, 1.54) is 36.0 Å². The highest BCUT2D eigenvalue weighted by molar-refractivity contribution is 7.07. The van der Waals surface area contributed by atoms with Crippen molar-refractivity contribution in [1.29, 1.82) is 0 Å². The lowest BCUT2D eigenvalue weighted by atomic mass is 9.95. The summed E-state index contributed by atoms with van der Waals surface area (Å²) < 4.78 is 18.0. The normalized spacial score (nSPS) is 14.8. The fraction of sp³-hybridized carbons (Fsp3) is 0.241. The third kappa shape index (κ3) is 5.70. The van der Waals surface area contributed by atoms with Crippen LogP contribution in [-0.4, -0.2) is 44.3 Å². The second kappa shape index (κ2) is 11.5. The first-order valence-electron chi connectivity index (χ1n) is 12.1. The molecule has 202 valence electrons. The molecular formula is C29H29N3O6S. The largest absolute Gasteiger partial charge is 0.493 e. The molecule has 3 aromatic rings. The third-order valence-corrected chi connectivity index (χ3v) is 7.02. The lowest BCUT2D eigenvalue weighted by Gasteiger charge is -2.25. The third-order valence-electron chi connectivity index (χ3n) is 6.04. The Labute approximate surface area is 229 Å². The zero-order chi connectivity index (χ0) is 28.3. The molecular weight excluding hydrogens is 518 g/mol. The summed E-state index contributed by atoms with van der Waals surface area (Å²) in [5.41, 5.74) is 2.80. The van der Waals surface area contributed by atoms with Gasteiger partial charge in [-0.3, -0.25) is 14.2 Å². The maximum atomic E-state index is 13.8. The van der Waals surface area contributed by atoms with Gasteiger partial charge in [0.15, 0.2) is 16.3 Å². The number of ether oxygens (including phenoxy) is 3. The number of hydrogen-bond acceptors (Lipinski definition) is 9. The molecule has 9 nitrogen and oxygen atoms in total. The predicted octanol–water partition coefficient (Wildman–Crippen LogP) is 2.96. The molecule has 1 aliphatic heterocycles. The summed E-state index contributed by atoms with van der Waals surface area (Å²) in [6, 6.07) is 11.9. The average molecular weight is 548 g/mol. The van der Waals surface area contributed by atoms with Crippen LogP contribution in [0.2, 0.25) is 0 Å². The van der Waals surface area contributed by atoms with Crippen molar-refractivity contribution in [2.45, 2.75) is 19.9 Å². The lowest BCUT2D eigenvalue weighted by molar-refractivity contribution is -0.138. The summed E-state index contributed by atoms with van der Waals surface area (Å²) in [5.74, 6) is -0.618. The van der Waals surface area contributed by atoms with Gasteiger partial charge in [0.1, 0.15) is 6.61 Å².